The van der Waals surface area contributed by atoms with Gasteiger partial charge in [-0.2, -0.15) is 9.57 Å². The number of hydrogen-bond acceptors (Lipinski definition) is 6. The van der Waals surface area contributed by atoms with Crippen molar-refractivity contribution in [3.05, 3.63) is 48.3 Å². The second-order valence-electron chi connectivity index (χ2n) is 5.82. The van der Waals surface area contributed by atoms with Gasteiger partial charge in [0.05, 0.1) is 17.1 Å². The van der Waals surface area contributed by atoms with Crippen molar-refractivity contribution >= 4 is 10.0 Å². The van der Waals surface area contributed by atoms with Crippen LogP contribution < -0.4 is 4.74 Å². The highest BCUT2D eigenvalue weighted by Gasteiger charge is 2.32. The standard InChI is InChI=1S/C17H18N4O3S/c18-11-15-6-1-2-7-16(15)25(22,23)21-10-3-5-14(12-21)13-24-17-19-8-4-9-20-17/h1-2,4,6-9,14H,3,5,10,12-13H2. The van der Waals surface area contributed by atoms with Crippen LogP contribution in [0.25, 0.3) is 0 Å². The van der Waals surface area contributed by atoms with Crippen LogP contribution in [0, 0.1) is 17.2 Å². The van der Waals surface area contributed by atoms with Gasteiger partial charge in [-0.15, -0.1) is 0 Å². The molecular weight excluding hydrogens is 340 g/mol. The highest BCUT2D eigenvalue weighted by molar-refractivity contribution is 7.89. The van der Waals surface area contributed by atoms with Gasteiger partial charge in [-0.1, -0.05) is 12.1 Å². The van der Waals surface area contributed by atoms with Crippen LogP contribution in [-0.4, -0.2) is 42.4 Å². The van der Waals surface area contributed by atoms with E-state index in [1.807, 2.05) is 6.07 Å². The van der Waals surface area contributed by atoms with Crippen molar-refractivity contribution in [2.45, 2.75) is 17.7 Å². The summed E-state index contributed by atoms with van der Waals surface area (Å²) in [5.74, 6) is 0.0570. The third-order valence-corrected chi connectivity index (χ3v) is 6.02. The van der Waals surface area contributed by atoms with Crippen molar-refractivity contribution in [1.82, 2.24) is 14.3 Å². The van der Waals surface area contributed by atoms with E-state index in [1.54, 1.807) is 30.6 Å². The lowest BCUT2D eigenvalue weighted by atomic mass is 10.0. The molecule has 0 bridgehead atoms. The predicted molar refractivity (Wildman–Crippen MR) is 90.2 cm³/mol. The number of sulfonamides is 1. The van der Waals surface area contributed by atoms with Gasteiger partial charge in [0.1, 0.15) is 6.07 Å². The number of nitrogens with zero attached hydrogens (tertiary/aromatic N) is 4. The zero-order chi connectivity index (χ0) is 17.7. The Hall–Kier alpha value is -2.50. The summed E-state index contributed by atoms with van der Waals surface area (Å²) in [6.45, 7) is 1.16. The maximum Gasteiger partial charge on any atom is 0.316 e. The van der Waals surface area contributed by atoms with Crippen LogP contribution in [0.4, 0.5) is 0 Å². The van der Waals surface area contributed by atoms with E-state index >= 15 is 0 Å². The minimum Gasteiger partial charge on any atom is -0.463 e. The van der Waals surface area contributed by atoms with E-state index in [-0.39, 0.29) is 22.4 Å². The van der Waals surface area contributed by atoms with E-state index < -0.39 is 10.0 Å². The monoisotopic (exact) mass is 358 g/mol. The Bertz CT molecular complexity index is 865. The summed E-state index contributed by atoms with van der Waals surface area (Å²) in [5.41, 5.74) is 0.165. The highest BCUT2D eigenvalue weighted by atomic mass is 32.2. The normalized spacial score (nSPS) is 18.4. The van der Waals surface area contributed by atoms with E-state index in [4.69, 9.17) is 4.74 Å². The Kier molecular flexibility index (Phi) is 5.26. The Morgan fingerprint density at radius 1 is 1.24 bits per heavy atom. The van der Waals surface area contributed by atoms with Crippen molar-refractivity contribution in [3.63, 3.8) is 0 Å². The van der Waals surface area contributed by atoms with Crippen LogP contribution in [0.1, 0.15) is 18.4 Å². The molecule has 1 aliphatic heterocycles. The summed E-state index contributed by atoms with van der Waals surface area (Å²) in [6.07, 6.45) is 4.81. The van der Waals surface area contributed by atoms with Crippen LogP contribution in [0.5, 0.6) is 6.01 Å². The zero-order valence-corrected chi connectivity index (χ0v) is 14.4. The van der Waals surface area contributed by atoms with Gasteiger partial charge >= 0.3 is 6.01 Å². The summed E-state index contributed by atoms with van der Waals surface area (Å²) >= 11 is 0. The molecule has 0 aliphatic carbocycles. The summed E-state index contributed by atoms with van der Waals surface area (Å²) in [6, 6.07) is 10.2. The lowest BCUT2D eigenvalue weighted by molar-refractivity contribution is 0.171. The smallest absolute Gasteiger partial charge is 0.316 e. The number of piperidine rings is 1. The molecule has 0 saturated carbocycles. The van der Waals surface area contributed by atoms with Crippen LogP contribution in [0.15, 0.2) is 47.6 Å². The Morgan fingerprint density at radius 2 is 2.00 bits per heavy atom. The molecule has 0 N–H and O–H groups in total. The molecular formula is C17H18N4O3S. The third-order valence-electron chi connectivity index (χ3n) is 4.10. The van der Waals surface area contributed by atoms with Crippen molar-refractivity contribution in [3.8, 4) is 12.1 Å². The number of hydrogen-bond donors (Lipinski definition) is 0. The first-order chi connectivity index (χ1) is 12.1. The number of benzene rings is 1. The number of ether oxygens (including phenoxy) is 1. The van der Waals surface area contributed by atoms with E-state index in [2.05, 4.69) is 9.97 Å². The zero-order valence-electron chi connectivity index (χ0n) is 13.6. The molecule has 8 heteroatoms. The molecule has 1 aliphatic rings. The van der Waals surface area contributed by atoms with Crippen molar-refractivity contribution in [2.75, 3.05) is 19.7 Å². The summed E-state index contributed by atoms with van der Waals surface area (Å²) in [7, 11) is -3.70. The SMILES string of the molecule is N#Cc1ccccc1S(=O)(=O)N1CCCC(COc2ncccn2)C1. The fraction of sp³-hybridized carbons (Fsp3) is 0.353. The predicted octanol–water partition coefficient (Wildman–Crippen LogP) is 1.83. The summed E-state index contributed by atoms with van der Waals surface area (Å²) in [4.78, 5) is 8.06. The topological polar surface area (TPSA) is 96.2 Å². The quantitative estimate of drug-likeness (QED) is 0.809. The molecule has 1 unspecified atom stereocenters. The van der Waals surface area contributed by atoms with Gasteiger partial charge in [0.15, 0.2) is 0 Å². The van der Waals surface area contributed by atoms with Gasteiger partial charge in [0, 0.05) is 31.4 Å². The second-order valence-corrected chi connectivity index (χ2v) is 7.73. The van der Waals surface area contributed by atoms with Crippen LogP contribution in [0.2, 0.25) is 0 Å². The molecule has 1 atom stereocenters. The van der Waals surface area contributed by atoms with Crippen molar-refractivity contribution in [2.24, 2.45) is 5.92 Å². The average molecular weight is 358 g/mol. The fourth-order valence-electron chi connectivity index (χ4n) is 2.86. The Balaban J connectivity index is 1.71. The molecule has 2 aromatic rings. The minimum atomic E-state index is -3.70. The third kappa shape index (κ3) is 3.95. The first-order valence-electron chi connectivity index (χ1n) is 8.00. The van der Waals surface area contributed by atoms with Crippen molar-refractivity contribution < 1.29 is 13.2 Å². The van der Waals surface area contributed by atoms with E-state index in [0.29, 0.717) is 19.7 Å². The van der Waals surface area contributed by atoms with Crippen LogP contribution in [0.3, 0.4) is 0 Å². The van der Waals surface area contributed by atoms with Gasteiger partial charge in [-0.25, -0.2) is 18.4 Å². The maximum atomic E-state index is 12.9. The number of rotatable bonds is 5. The maximum absolute atomic E-state index is 12.9. The molecule has 0 radical (unpaired) electrons. The lowest BCUT2D eigenvalue weighted by Gasteiger charge is -2.31. The largest absolute Gasteiger partial charge is 0.463 e. The van der Waals surface area contributed by atoms with Crippen LogP contribution >= 0.6 is 0 Å². The fourth-order valence-corrected chi connectivity index (χ4v) is 4.55. The highest BCUT2D eigenvalue weighted by Crippen LogP contribution is 2.25. The van der Waals surface area contributed by atoms with Gasteiger partial charge in [-0.3, -0.25) is 0 Å². The molecule has 0 spiro atoms. The van der Waals surface area contributed by atoms with Crippen LogP contribution in [-0.2, 0) is 10.0 Å². The van der Waals surface area contributed by atoms with Gasteiger partial charge < -0.3 is 4.74 Å². The van der Waals surface area contributed by atoms with Gasteiger partial charge in [0.25, 0.3) is 0 Å². The second kappa shape index (κ2) is 7.59. The summed E-state index contributed by atoms with van der Waals surface area (Å²) < 4.78 is 32.8. The van der Waals surface area contributed by atoms with E-state index in [0.717, 1.165) is 12.8 Å². The molecule has 7 nitrogen and oxygen atoms in total. The molecule has 3 rings (SSSR count). The summed E-state index contributed by atoms with van der Waals surface area (Å²) in [5, 5.41) is 9.18. The molecule has 0 amide bonds. The molecule has 25 heavy (non-hydrogen) atoms. The molecule has 130 valence electrons. The Labute approximate surface area is 147 Å². The molecule has 1 saturated heterocycles. The molecule has 1 fully saturated rings. The first-order valence-corrected chi connectivity index (χ1v) is 9.44. The number of aromatic nitrogens is 2. The number of nitriles is 1. The lowest BCUT2D eigenvalue weighted by Crippen LogP contribution is -2.41. The molecule has 2 heterocycles. The average Bonchev–Trinajstić information content (AvgIpc) is 2.67. The van der Waals surface area contributed by atoms with Gasteiger partial charge in [0.2, 0.25) is 10.0 Å². The molecule has 1 aromatic carbocycles. The van der Waals surface area contributed by atoms with E-state index in [9.17, 15) is 13.7 Å². The van der Waals surface area contributed by atoms with Crippen molar-refractivity contribution in [1.29, 1.82) is 5.26 Å². The molecule has 1 aromatic heterocycles. The first kappa shape index (κ1) is 17.3. The minimum absolute atomic E-state index is 0.0570. The Morgan fingerprint density at radius 3 is 2.76 bits per heavy atom. The van der Waals surface area contributed by atoms with Gasteiger partial charge in [-0.05, 0) is 31.0 Å². The van der Waals surface area contributed by atoms with E-state index in [1.165, 1.54) is 16.4 Å².